The molecule has 7 heteroatoms. The Bertz CT molecular complexity index is 1280. The van der Waals surface area contributed by atoms with Crippen LogP contribution in [-0.4, -0.2) is 68.8 Å². The van der Waals surface area contributed by atoms with Crippen molar-refractivity contribution in [1.29, 1.82) is 0 Å². The molecule has 2 aromatic carbocycles. The fraction of sp³-hybridized carbons (Fsp3) is 0.346. The molecule has 0 unspecified atom stereocenters. The fourth-order valence-electron chi connectivity index (χ4n) is 5.16. The molecule has 2 aromatic heterocycles. The van der Waals surface area contributed by atoms with E-state index in [1.165, 1.54) is 27.6 Å². The maximum atomic E-state index is 12.9. The molecule has 2 atom stereocenters. The highest BCUT2D eigenvalue weighted by Crippen LogP contribution is 2.40. The maximum absolute atomic E-state index is 12.9. The number of rotatable bonds is 3. The Morgan fingerprint density at radius 3 is 2.52 bits per heavy atom. The first-order valence-electron chi connectivity index (χ1n) is 11.7. The zero-order chi connectivity index (χ0) is 22.9. The fourth-order valence-corrected chi connectivity index (χ4v) is 5.16. The Labute approximate surface area is 193 Å². The average molecular weight is 443 g/mol. The Hall–Kier alpha value is -3.45. The molecule has 2 N–H and O–H groups in total. The van der Waals surface area contributed by atoms with Gasteiger partial charge in [-0.3, -0.25) is 9.69 Å². The van der Waals surface area contributed by atoms with E-state index in [0.29, 0.717) is 6.04 Å². The number of hydrogen-bond acceptors (Lipinski definition) is 4. The van der Waals surface area contributed by atoms with Crippen molar-refractivity contribution in [2.24, 2.45) is 5.92 Å². The predicted octanol–water partition coefficient (Wildman–Crippen LogP) is 3.86. The lowest BCUT2D eigenvalue weighted by Crippen LogP contribution is -2.47. The van der Waals surface area contributed by atoms with Crippen LogP contribution >= 0.6 is 0 Å². The molecule has 0 saturated carbocycles. The lowest BCUT2D eigenvalue weighted by Gasteiger charge is -2.40. The second-order valence-electron chi connectivity index (χ2n) is 8.75. The number of nitrogens with zero attached hydrogens (tertiary/aromatic N) is 4. The molecule has 0 bridgehead atoms. The molecule has 0 fully saturated rings. The lowest BCUT2D eigenvalue weighted by atomic mass is 9.79. The number of aromatic nitrogens is 4. The minimum Gasteiger partial charge on any atom is -0.361 e. The molecule has 33 heavy (non-hydrogen) atoms. The lowest BCUT2D eigenvalue weighted by molar-refractivity contribution is -0.134. The second-order valence-corrected chi connectivity index (χ2v) is 8.75. The minimum absolute atomic E-state index is 0.0445. The Morgan fingerprint density at radius 1 is 1.09 bits per heavy atom. The summed E-state index contributed by atoms with van der Waals surface area (Å²) in [6.07, 6.45) is 5.41. The largest absolute Gasteiger partial charge is 0.361 e. The summed E-state index contributed by atoms with van der Waals surface area (Å²) in [5, 5.41) is 11.6. The molecule has 7 nitrogen and oxygen atoms in total. The summed E-state index contributed by atoms with van der Waals surface area (Å²) in [5.41, 5.74) is 7.04. The first-order valence-corrected chi connectivity index (χ1v) is 11.7. The van der Waals surface area contributed by atoms with E-state index < -0.39 is 0 Å². The van der Waals surface area contributed by atoms with Gasteiger partial charge in [-0.25, -0.2) is 0 Å². The van der Waals surface area contributed by atoms with Gasteiger partial charge in [-0.2, -0.15) is 15.4 Å². The number of amides is 1. The molecule has 1 aliphatic heterocycles. The van der Waals surface area contributed by atoms with E-state index in [-0.39, 0.29) is 11.8 Å². The summed E-state index contributed by atoms with van der Waals surface area (Å²) >= 11 is 0. The van der Waals surface area contributed by atoms with Gasteiger partial charge in [0.05, 0.1) is 5.92 Å². The van der Waals surface area contributed by atoms with Gasteiger partial charge in [0.1, 0.15) is 11.0 Å². The van der Waals surface area contributed by atoms with Crippen molar-refractivity contribution in [2.45, 2.75) is 26.3 Å². The smallest absolute Gasteiger partial charge is 0.230 e. The van der Waals surface area contributed by atoms with Gasteiger partial charge in [-0.15, -0.1) is 0 Å². The number of aromatic amines is 2. The molecular formula is C26H30N6O. The summed E-state index contributed by atoms with van der Waals surface area (Å²) in [6, 6.07) is 14.5. The number of para-hydroxylation sites is 2. The third kappa shape index (κ3) is 3.82. The summed E-state index contributed by atoms with van der Waals surface area (Å²) in [4.78, 5) is 20.6. The van der Waals surface area contributed by atoms with Crippen LogP contribution in [0, 0.1) is 5.92 Å². The second kappa shape index (κ2) is 8.83. The highest BCUT2D eigenvalue weighted by atomic mass is 16.2. The number of carbonyl (C=O) groups excluding carboxylic acids is 1. The van der Waals surface area contributed by atoms with E-state index in [2.05, 4.69) is 76.7 Å². The van der Waals surface area contributed by atoms with Gasteiger partial charge < -0.3 is 9.88 Å². The van der Waals surface area contributed by atoms with Crippen molar-refractivity contribution >= 4 is 33.4 Å². The van der Waals surface area contributed by atoms with Crippen molar-refractivity contribution in [2.75, 3.05) is 26.7 Å². The van der Waals surface area contributed by atoms with Crippen LogP contribution < -0.4 is 0 Å². The number of fused-ring (bicyclic) bond motifs is 3. The van der Waals surface area contributed by atoms with Crippen LogP contribution in [0.25, 0.3) is 27.5 Å². The van der Waals surface area contributed by atoms with E-state index in [4.69, 9.17) is 0 Å². The van der Waals surface area contributed by atoms with E-state index in [1.807, 2.05) is 29.2 Å². The molecule has 3 heterocycles. The monoisotopic (exact) mass is 442 g/mol. The molecule has 6 rings (SSSR count). The van der Waals surface area contributed by atoms with Crippen LogP contribution in [0.2, 0.25) is 0 Å². The highest BCUT2D eigenvalue weighted by molar-refractivity contribution is 5.99. The molecular weight excluding hydrogens is 412 g/mol. The van der Waals surface area contributed by atoms with Crippen LogP contribution in [0.4, 0.5) is 0 Å². The van der Waals surface area contributed by atoms with Crippen LogP contribution in [-0.2, 0) is 11.2 Å². The zero-order valence-electron chi connectivity index (χ0n) is 19.4. The van der Waals surface area contributed by atoms with Gasteiger partial charge in [0.15, 0.2) is 0 Å². The van der Waals surface area contributed by atoms with Crippen LogP contribution in [0.1, 0.15) is 25.0 Å². The summed E-state index contributed by atoms with van der Waals surface area (Å²) in [6.45, 7) is 6.47. The van der Waals surface area contributed by atoms with Gasteiger partial charge in [-0.1, -0.05) is 30.3 Å². The quantitative estimate of drug-likeness (QED) is 0.505. The summed E-state index contributed by atoms with van der Waals surface area (Å²) in [7, 11) is 2.15. The predicted molar refractivity (Wildman–Crippen MR) is 132 cm³/mol. The standard InChI is InChI=1S/C20H25N3O.C6H5N3/c1-4-23(5-2)20(24)14-9-16-15-7-6-8-17-19(15)13(11-21-17)10-18(16)22(3)12-14;1-2-4-6-5(3-1)7-9-8-6/h6-9,11,14,18,21H,4-5,10,12H2,1-3H3;1-4H,(H,7,8,9)/t14-,18-;/m1./s1. The van der Waals surface area contributed by atoms with E-state index in [9.17, 15) is 4.79 Å². The molecule has 170 valence electrons. The highest BCUT2D eigenvalue weighted by Gasteiger charge is 2.36. The van der Waals surface area contributed by atoms with Crippen molar-refractivity contribution in [3.8, 4) is 0 Å². The first-order chi connectivity index (χ1) is 16.1. The average Bonchev–Trinajstić information content (AvgIpc) is 3.49. The Kier molecular flexibility index (Phi) is 5.72. The zero-order valence-corrected chi connectivity index (χ0v) is 19.4. The molecule has 0 spiro atoms. The first kappa shape index (κ1) is 21.4. The number of nitrogens with one attached hydrogen (secondary N) is 2. The number of benzene rings is 2. The van der Waals surface area contributed by atoms with Crippen LogP contribution in [0.5, 0.6) is 0 Å². The Morgan fingerprint density at radius 2 is 1.82 bits per heavy atom. The maximum Gasteiger partial charge on any atom is 0.230 e. The van der Waals surface area contributed by atoms with Crippen molar-refractivity contribution < 1.29 is 4.79 Å². The van der Waals surface area contributed by atoms with Crippen molar-refractivity contribution in [3.63, 3.8) is 0 Å². The molecule has 4 aromatic rings. The third-order valence-electron chi connectivity index (χ3n) is 6.88. The minimum atomic E-state index is -0.0445. The number of H-pyrrole nitrogens is 2. The van der Waals surface area contributed by atoms with E-state index in [0.717, 1.165) is 37.1 Å². The number of likely N-dealkylation sites (N-methyl/N-ethyl adjacent to an activating group) is 1. The van der Waals surface area contributed by atoms with Gasteiger partial charge in [0.25, 0.3) is 0 Å². The third-order valence-corrected chi connectivity index (χ3v) is 6.88. The molecule has 0 saturated heterocycles. The Balaban J connectivity index is 0.000000211. The van der Waals surface area contributed by atoms with Gasteiger partial charge in [0, 0.05) is 42.8 Å². The van der Waals surface area contributed by atoms with Crippen LogP contribution in [0.3, 0.4) is 0 Å². The van der Waals surface area contributed by atoms with Gasteiger partial charge >= 0.3 is 0 Å². The van der Waals surface area contributed by atoms with Crippen molar-refractivity contribution in [3.05, 3.63) is 65.9 Å². The number of carbonyl (C=O) groups is 1. The molecule has 0 radical (unpaired) electrons. The summed E-state index contributed by atoms with van der Waals surface area (Å²) < 4.78 is 0. The normalized spacial score (nSPS) is 19.5. The molecule has 2 aliphatic rings. The van der Waals surface area contributed by atoms with Crippen molar-refractivity contribution in [1.82, 2.24) is 30.2 Å². The van der Waals surface area contributed by atoms with E-state index >= 15 is 0 Å². The number of hydrogen-bond donors (Lipinski definition) is 2. The van der Waals surface area contributed by atoms with E-state index in [1.54, 1.807) is 0 Å². The van der Waals surface area contributed by atoms with Gasteiger partial charge in [0.2, 0.25) is 5.91 Å². The topological polar surface area (TPSA) is 80.9 Å². The molecule has 1 aliphatic carbocycles. The van der Waals surface area contributed by atoms with Crippen LogP contribution in [0.15, 0.2) is 54.7 Å². The summed E-state index contributed by atoms with van der Waals surface area (Å²) in [5.74, 6) is 0.210. The molecule has 1 amide bonds. The SMILES string of the molecule is CCN(CC)C(=O)[C@@H]1C=C2c3cccc4[nH]cc(c34)C[C@H]2N(C)C1.c1ccc2n[nH]nc2c1. The van der Waals surface area contributed by atoms with Gasteiger partial charge in [-0.05, 0) is 62.2 Å².